The van der Waals surface area contributed by atoms with Crippen molar-refractivity contribution in [1.82, 2.24) is 0 Å². The van der Waals surface area contributed by atoms with Gasteiger partial charge in [-0.2, -0.15) is 0 Å². The van der Waals surface area contributed by atoms with Gasteiger partial charge in [0, 0.05) is 5.02 Å². The van der Waals surface area contributed by atoms with Crippen LogP contribution < -0.4 is 0 Å². The minimum atomic E-state index is 0.115. The Hall–Kier alpha value is -0.490. The molecule has 0 atom stereocenters. The van der Waals surface area contributed by atoms with Gasteiger partial charge in [-0.15, -0.1) is 0 Å². The molecule has 0 amide bonds. The fraction of sp³-hybridized carbons (Fsp3) is 0.571. The topological polar surface area (TPSA) is 0 Å². The summed E-state index contributed by atoms with van der Waals surface area (Å²) in [6.07, 6.45) is 0. The van der Waals surface area contributed by atoms with Crippen molar-refractivity contribution in [3.05, 3.63) is 33.8 Å². The van der Waals surface area contributed by atoms with Crippen LogP contribution in [0.3, 0.4) is 0 Å². The fourth-order valence-electron chi connectivity index (χ4n) is 2.02. The number of halogens is 1. The molecule has 15 heavy (non-hydrogen) atoms. The van der Waals surface area contributed by atoms with Crippen LogP contribution >= 0.6 is 11.6 Å². The first-order valence-corrected chi connectivity index (χ1v) is 5.92. The Morgan fingerprint density at radius 1 is 1.13 bits per heavy atom. The number of hydrogen-bond acceptors (Lipinski definition) is 0. The molecule has 0 aliphatic rings. The van der Waals surface area contributed by atoms with Crippen molar-refractivity contribution >= 4 is 11.6 Å². The van der Waals surface area contributed by atoms with Gasteiger partial charge in [0.1, 0.15) is 0 Å². The Labute approximate surface area is 98.7 Å². The summed E-state index contributed by atoms with van der Waals surface area (Å²) in [4.78, 5) is 0. The molecule has 1 rings (SSSR count). The van der Waals surface area contributed by atoms with Gasteiger partial charge in [-0.25, -0.2) is 0 Å². The van der Waals surface area contributed by atoms with E-state index < -0.39 is 0 Å². The van der Waals surface area contributed by atoms with Crippen molar-refractivity contribution in [2.75, 3.05) is 0 Å². The lowest BCUT2D eigenvalue weighted by Crippen LogP contribution is -2.16. The molecule has 0 bridgehead atoms. The van der Waals surface area contributed by atoms with Gasteiger partial charge in [0.25, 0.3) is 0 Å². The SMILES string of the molecule is Cc1cc(Cl)c(C(C)(C)C)c(C(C)C)c1. The molecule has 0 unspecified atom stereocenters. The summed E-state index contributed by atoms with van der Waals surface area (Å²) in [6, 6.07) is 4.32. The molecule has 1 aromatic carbocycles. The van der Waals surface area contributed by atoms with Gasteiger partial charge >= 0.3 is 0 Å². The van der Waals surface area contributed by atoms with Crippen LogP contribution in [0.1, 0.15) is 57.2 Å². The number of aryl methyl sites for hydroxylation is 1. The molecule has 0 radical (unpaired) electrons. The van der Waals surface area contributed by atoms with Gasteiger partial charge in [-0.05, 0) is 41.0 Å². The van der Waals surface area contributed by atoms with E-state index in [0.717, 1.165) is 5.02 Å². The highest BCUT2D eigenvalue weighted by molar-refractivity contribution is 6.31. The lowest BCUT2D eigenvalue weighted by molar-refractivity contribution is 0.577. The van der Waals surface area contributed by atoms with E-state index in [-0.39, 0.29) is 5.41 Å². The number of rotatable bonds is 1. The summed E-state index contributed by atoms with van der Waals surface area (Å²) in [5, 5.41) is 0.909. The highest BCUT2D eigenvalue weighted by Gasteiger charge is 2.22. The summed E-state index contributed by atoms with van der Waals surface area (Å²) >= 11 is 6.36. The second kappa shape index (κ2) is 4.17. The molecule has 0 aromatic heterocycles. The molecule has 0 N–H and O–H groups in total. The average molecular weight is 225 g/mol. The molecular weight excluding hydrogens is 204 g/mol. The molecule has 1 heteroatoms. The highest BCUT2D eigenvalue weighted by atomic mass is 35.5. The molecule has 0 spiro atoms. The van der Waals surface area contributed by atoms with Gasteiger partial charge in [-0.1, -0.05) is 52.3 Å². The van der Waals surface area contributed by atoms with Gasteiger partial charge in [-0.3, -0.25) is 0 Å². The van der Waals surface area contributed by atoms with Gasteiger partial charge < -0.3 is 0 Å². The van der Waals surface area contributed by atoms with E-state index in [2.05, 4.69) is 53.7 Å². The van der Waals surface area contributed by atoms with Crippen LogP contribution in [0.25, 0.3) is 0 Å². The molecule has 0 fully saturated rings. The zero-order valence-corrected chi connectivity index (χ0v) is 11.4. The zero-order valence-electron chi connectivity index (χ0n) is 10.6. The van der Waals surface area contributed by atoms with Gasteiger partial charge in [0.2, 0.25) is 0 Å². The van der Waals surface area contributed by atoms with Crippen LogP contribution in [0.4, 0.5) is 0 Å². The lowest BCUT2D eigenvalue weighted by Gasteiger charge is -2.26. The predicted molar refractivity (Wildman–Crippen MR) is 69.0 cm³/mol. The van der Waals surface area contributed by atoms with Crippen LogP contribution in [0.15, 0.2) is 12.1 Å². The van der Waals surface area contributed by atoms with Crippen molar-refractivity contribution in [1.29, 1.82) is 0 Å². The zero-order chi connectivity index (χ0) is 11.8. The molecule has 0 aliphatic heterocycles. The third-order valence-corrected chi connectivity index (χ3v) is 2.94. The molecule has 84 valence electrons. The van der Waals surface area contributed by atoms with E-state index in [4.69, 9.17) is 11.6 Å². The predicted octanol–water partition coefficient (Wildman–Crippen LogP) is 5.07. The van der Waals surface area contributed by atoms with Crippen molar-refractivity contribution in [3.8, 4) is 0 Å². The van der Waals surface area contributed by atoms with Crippen LogP contribution in [0, 0.1) is 6.92 Å². The Morgan fingerprint density at radius 2 is 1.67 bits per heavy atom. The normalized spacial score (nSPS) is 12.3. The molecule has 1 aromatic rings. The summed E-state index contributed by atoms with van der Waals surface area (Å²) < 4.78 is 0. The minimum Gasteiger partial charge on any atom is -0.0840 e. The van der Waals surface area contributed by atoms with Crippen LogP contribution in [-0.4, -0.2) is 0 Å². The van der Waals surface area contributed by atoms with Crippen LogP contribution in [0.5, 0.6) is 0 Å². The van der Waals surface area contributed by atoms with E-state index in [0.29, 0.717) is 5.92 Å². The third kappa shape index (κ3) is 2.75. The van der Waals surface area contributed by atoms with Crippen molar-refractivity contribution in [3.63, 3.8) is 0 Å². The second-order valence-electron chi connectivity index (χ2n) is 5.62. The number of hydrogen-bond donors (Lipinski definition) is 0. The Kier molecular flexibility index (Phi) is 3.50. The maximum Gasteiger partial charge on any atom is 0.0448 e. The average Bonchev–Trinajstić information content (AvgIpc) is 1.99. The Bertz CT molecular complexity index is 356. The first-order chi connectivity index (χ1) is 6.73. The Balaban J connectivity index is 3.48. The number of benzene rings is 1. The first-order valence-electron chi connectivity index (χ1n) is 5.54. The minimum absolute atomic E-state index is 0.115. The maximum atomic E-state index is 6.36. The van der Waals surface area contributed by atoms with E-state index in [1.165, 1.54) is 16.7 Å². The largest absolute Gasteiger partial charge is 0.0840 e. The van der Waals surface area contributed by atoms with Gasteiger partial charge in [0.15, 0.2) is 0 Å². The molecule has 0 saturated carbocycles. The van der Waals surface area contributed by atoms with Crippen molar-refractivity contribution in [2.24, 2.45) is 0 Å². The monoisotopic (exact) mass is 224 g/mol. The second-order valence-corrected chi connectivity index (χ2v) is 6.02. The quantitative estimate of drug-likeness (QED) is 0.625. The highest BCUT2D eigenvalue weighted by Crippen LogP contribution is 2.36. The van der Waals surface area contributed by atoms with E-state index in [1.807, 2.05) is 0 Å². The summed E-state index contributed by atoms with van der Waals surface area (Å²) in [7, 11) is 0. The summed E-state index contributed by atoms with van der Waals surface area (Å²) in [6.45, 7) is 13.2. The Morgan fingerprint density at radius 3 is 2.07 bits per heavy atom. The standard InChI is InChI=1S/C14H21Cl/c1-9(2)11-7-10(3)8-12(15)13(11)14(4,5)6/h7-9H,1-6H3. The van der Waals surface area contributed by atoms with E-state index in [9.17, 15) is 0 Å². The summed E-state index contributed by atoms with van der Waals surface area (Å²) in [5.74, 6) is 0.525. The molecule has 0 heterocycles. The molecular formula is C14H21Cl. The van der Waals surface area contributed by atoms with Crippen molar-refractivity contribution < 1.29 is 0 Å². The lowest BCUT2D eigenvalue weighted by atomic mass is 9.80. The maximum absolute atomic E-state index is 6.36. The first kappa shape index (κ1) is 12.6. The third-order valence-electron chi connectivity index (χ3n) is 2.64. The smallest absolute Gasteiger partial charge is 0.0448 e. The van der Waals surface area contributed by atoms with Gasteiger partial charge in [0.05, 0.1) is 0 Å². The van der Waals surface area contributed by atoms with E-state index >= 15 is 0 Å². The molecule has 0 aliphatic carbocycles. The molecule has 0 nitrogen and oxygen atoms in total. The molecule has 0 saturated heterocycles. The fourth-order valence-corrected chi connectivity index (χ4v) is 2.58. The van der Waals surface area contributed by atoms with Crippen LogP contribution in [-0.2, 0) is 5.41 Å². The summed E-state index contributed by atoms with van der Waals surface area (Å²) in [5.41, 5.74) is 4.04. The van der Waals surface area contributed by atoms with Crippen LogP contribution in [0.2, 0.25) is 5.02 Å². The van der Waals surface area contributed by atoms with Crippen molar-refractivity contribution in [2.45, 2.75) is 52.9 Å². The van der Waals surface area contributed by atoms with E-state index in [1.54, 1.807) is 0 Å².